The first kappa shape index (κ1) is 14.9. The number of para-hydroxylation sites is 1. The first-order chi connectivity index (χ1) is 11.1. The average Bonchev–Trinajstić information content (AvgIpc) is 2.94. The number of anilines is 1. The molecule has 0 bridgehead atoms. The number of rotatable bonds is 5. The van der Waals surface area contributed by atoms with Crippen LogP contribution in [-0.2, 0) is 7.05 Å². The van der Waals surface area contributed by atoms with Gasteiger partial charge in [0.05, 0.1) is 19.2 Å². The molecule has 9 heteroatoms. The average molecular weight is 314 g/mol. The Labute approximate surface area is 130 Å². The monoisotopic (exact) mass is 314 g/mol. The molecule has 23 heavy (non-hydrogen) atoms. The molecule has 118 valence electrons. The molecule has 0 saturated carbocycles. The molecule has 0 aliphatic heterocycles. The number of fused-ring (bicyclic) bond motifs is 1. The van der Waals surface area contributed by atoms with Gasteiger partial charge < -0.3 is 20.5 Å². The Kier molecular flexibility index (Phi) is 3.85. The van der Waals surface area contributed by atoms with Crippen molar-refractivity contribution in [3.63, 3.8) is 0 Å². The molecule has 0 fully saturated rings. The summed E-state index contributed by atoms with van der Waals surface area (Å²) < 4.78 is 1.33. The molecule has 3 rings (SSSR count). The number of aliphatic hydroxyl groups is 1. The number of hydrogen-bond acceptors (Lipinski definition) is 7. The Balaban J connectivity index is 2.16. The van der Waals surface area contributed by atoms with Gasteiger partial charge in [0.1, 0.15) is 12.0 Å². The first-order valence-electron chi connectivity index (χ1n) is 6.90. The van der Waals surface area contributed by atoms with E-state index in [-0.39, 0.29) is 18.2 Å². The third kappa shape index (κ3) is 2.69. The SMILES string of the molecule is Cn1c([N+](=O)[O-])cnc1-c1nc(NCCO)c2ccccc2n1. The second-order valence-corrected chi connectivity index (χ2v) is 4.82. The van der Waals surface area contributed by atoms with E-state index in [1.807, 2.05) is 24.3 Å². The molecule has 0 spiro atoms. The van der Waals surface area contributed by atoms with Crippen LogP contribution in [0, 0.1) is 10.1 Å². The summed E-state index contributed by atoms with van der Waals surface area (Å²) in [6, 6.07) is 7.39. The number of aliphatic hydroxyl groups excluding tert-OH is 1. The van der Waals surface area contributed by atoms with Crippen molar-refractivity contribution in [2.75, 3.05) is 18.5 Å². The minimum atomic E-state index is -0.511. The van der Waals surface area contributed by atoms with Crippen LogP contribution in [0.25, 0.3) is 22.6 Å². The van der Waals surface area contributed by atoms with Crippen molar-refractivity contribution in [3.05, 3.63) is 40.6 Å². The van der Waals surface area contributed by atoms with Gasteiger partial charge in [-0.25, -0.2) is 19.5 Å². The molecule has 0 atom stereocenters. The van der Waals surface area contributed by atoms with Crippen LogP contribution in [0.3, 0.4) is 0 Å². The smallest absolute Gasteiger partial charge is 0.343 e. The normalized spacial score (nSPS) is 10.9. The van der Waals surface area contributed by atoms with Crippen LogP contribution in [0.15, 0.2) is 30.5 Å². The lowest BCUT2D eigenvalue weighted by Gasteiger charge is -2.08. The number of nitro groups is 1. The van der Waals surface area contributed by atoms with Crippen LogP contribution in [0.4, 0.5) is 11.6 Å². The van der Waals surface area contributed by atoms with Crippen LogP contribution in [-0.4, -0.2) is 42.7 Å². The van der Waals surface area contributed by atoms with Crippen LogP contribution in [0.2, 0.25) is 0 Å². The highest BCUT2D eigenvalue weighted by Gasteiger charge is 2.21. The molecule has 2 aromatic heterocycles. The lowest BCUT2D eigenvalue weighted by molar-refractivity contribution is -0.391. The molecular weight excluding hydrogens is 300 g/mol. The largest absolute Gasteiger partial charge is 0.395 e. The Hall–Kier alpha value is -3.07. The number of imidazole rings is 1. The molecule has 0 unspecified atom stereocenters. The van der Waals surface area contributed by atoms with E-state index in [0.717, 1.165) is 5.39 Å². The molecule has 2 heterocycles. The third-order valence-electron chi connectivity index (χ3n) is 3.36. The zero-order chi connectivity index (χ0) is 16.4. The topological polar surface area (TPSA) is 119 Å². The molecule has 0 aliphatic rings. The van der Waals surface area contributed by atoms with E-state index in [1.165, 1.54) is 10.8 Å². The van der Waals surface area contributed by atoms with Gasteiger partial charge in [-0.15, -0.1) is 0 Å². The summed E-state index contributed by atoms with van der Waals surface area (Å²) in [6.07, 6.45) is 1.18. The van der Waals surface area contributed by atoms with Crippen molar-refractivity contribution in [2.45, 2.75) is 0 Å². The van der Waals surface area contributed by atoms with Gasteiger partial charge in [0.15, 0.2) is 0 Å². The molecule has 0 saturated heterocycles. The van der Waals surface area contributed by atoms with Crippen molar-refractivity contribution in [1.82, 2.24) is 19.5 Å². The molecule has 0 aliphatic carbocycles. The summed E-state index contributed by atoms with van der Waals surface area (Å²) in [6.45, 7) is 0.294. The van der Waals surface area contributed by atoms with Gasteiger partial charge in [-0.3, -0.25) is 0 Å². The van der Waals surface area contributed by atoms with Crippen LogP contribution < -0.4 is 5.32 Å². The van der Waals surface area contributed by atoms with Gasteiger partial charge in [-0.1, -0.05) is 12.1 Å². The molecule has 3 aromatic rings. The molecule has 0 amide bonds. The first-order valence-corrected chi connectivity index (χ1v) is 6.90. The maximum atomic E-state index is 11.0. The van der Waals surface area contributed by atoms with E-state index in [9.17, 15) is 10.1 Å². The van der Waals surface area contributed by atoms with E-state index in [0.29, 0.717) is 23.7 Å². The van der Waals surface area contributed by atoms with Gasteiger partial charge in [0.25, 0.3) is 5.82 Å². The Morgan fingerprint density at radius 2 is 2.13 bits per heavy atom. The van der Waals surface area contributed by atoms with Gasteiger partial charge in [-0.2, -0.15) is 0 Å². The van der Waals surface area contributed by atoms with Gasteiger partial charge in [0.2, 0.25) is 5.82 Å². The second-order valence-electron chi connectivity index (χ2n) is 4.82. The summed E-state index contributed by atoms with van der Waals surface area (Å²) in [5.74, 6) is 0.987. The number of hydrogen-bond donors (Lipinski definition) is 2. The minimum Gasteiger partial charge on any atom is -0.395 e. The fourth-order valence-corrected chi connectivity index (χ4v) is 2.26. The number of benzene rings is 1. The van der Waals surface area contributed by atoms with E-state index >= 15 is 0 Å². The molecule has 9 nitrogen and oxygen atoms in total. The van der Waals surface area contributed by atoms with E-state index in [4.69, 9.17) is 5.11 Å². The predicted molar refractivity (Wildman–Crippen MR) is 84.0 cm³/mol. The van der Waals surface area contributed by atoms with Crippen LogP contribution in [0.1, 0.15) is 0 Å². The van der Waals surface area contributed by atoms with Crippen molar-refractivity contribution in [3.8, 4) is 11.6 Å². The Bertz CT molecular complexity index is 876. The maximum absolute atomic E-state index is 11.0. The lowest BCUT2D eigenvalue weighted by Crippen LogP contribution is -2.09. The van der Waals surface area contributed by atoms with Gasteiger partial charge in [0, 0.05) is 11.9 Å². The standard InChI is InChI=1S/C14H14N6O3/c1-19-11(20(22)23)8-16-14(19)13-17-10-5-3-2-4-9(10)12(18-13)15-6-7-21/h2-5,8,21H,6-7H2,1H3,(H,15,17,18). The number of aromatic nitrogens is 4. The van der Waals surface area contributed by atoms with Crippen molar-refractivity contribution < 1.29 is 10.0 Å². The minimum absolute atomic E-state index is 0.0401. The summed E-state index contributed by atoms with van der Waals surface area (Å²) in [4.78, 5) is 23.3. The maximum Gasteiger partial charge on any atom is 0.343 e. The van der Waals surface area contributed by atoms with Crippen LogP contribution >= 0.6 is 0 Å². The van der Waals surface area contributed by atoms with E-state index in [1.54, 1.807) is 7.05 Å². The quantitative estimate of drug-likeness (QED) is 0.538. The summed E-state index contributed by atoms with van der Waals surface area (Å²) in [5, 5.41) is 23.8. The molecular formula is C14H14N6O3. The van der Waals surface area contributed by atoms with Gasteiger partial charge in [-0.05, 0) is 17.1 Å². The van der Waals surface area contributed by atoms with Crippen molar-refractivity contribution in [1.29, 1.82) is 0 Å². The van der Waals surface area contributed by atoms with Crippen LogP contribution in [0.5, 0.6) is 0 Å². The van der Waals surface area contributed by atoms with Crippen molar-refractivity contribution >= 4 is 22.5 Å². The summed E-state index contributed by atoms with van der Waals surface area (Å²) in [7, 11) is 1.54. The third-order valence-corrected chi connectivity index (χ3v) is 3.36. The number of nitrogens with one attached hydrogen (secondary N) is 1. The fourth-order valence-electron chi connectivity index (χ4n) is 2.26. The molecule has 2 N–H and O–H groups in total. The second kappa shape index (κ2) is 5.97. The Morgan fingerprint density at radius 3 is 2.83 bits per heavy atom. The number of nitrogens with zero attached hydrogens (tertiary/aromatic N) is 5. The van der Waals surface area contributed by atoms with Crippen molar-refractivity contribution in [2.24, 2.45) is 7.05 Å². The zero-order valence-corrected chi connectivity index (χ0v) is 12.3. The highest BCUT2D eigenvalue weighted by Crippen LogP contribution is 2.25. The lowest BCUT2D eigenvalue weighted by atomic mass is 10.2. The molecule has 1 aromatic carbocycles. The fraction of sp³-hybridized carbons (Fsp3) is 0.214. The predicted octanol–water partition coefficient (Wildman–Crippen LogP) is 1.34. The zero-order valence-electron chi connectivity index (χ0n) is 12.3. The highest BCUT2D eigenvalue weighted by atomic mass is 16.6. The summed E-state index contributed by atoms with van der Waals surface area (Å²) in [5.41, 5.74) is 0.684. The Morgan fingerprint density at radius 1 is 1.35 bits per heavy atom. The summed E-state index contributed by atoms with van der Waals surface area (Å²) >= 11 is 0. The molecule has 0 radical (unpaired) electrons. The highest BCUT2D eigenvalue weighted by molar-refractivity contribution is 5.90. The van der Waals surface area contributed by atoms with E-state index < -0.39 is 4.92 Å². The van der Waals surface area contributed by atoms with E-state index in [2.05, 4.69) is 20.3 Å². The van der Waals surface area contributed by atoms with Gasteiger partial charge >= 0.3 is 5.82 Å².